The Morgan fingerprint density at radius 1 is 1.25 bits per heavy atom. The average molecular weight is 310 g/mol. The second kappa shape index (κ2) is 5.76. The number of hydrogen-bond donors (Lipinski definition) is 0. The third kappa shape index (κ3) is 3.08. The lowest BCUT2D eigenvalue weighted by Crippen LogP contribution is -2.00. The number of nitrogens with zero attached hydrogens (tertiary/aromatic N) is 3. The number of benzene rings is 1. The van der Waals surface area contributed by atoms with Gasteiger partial charge in [-0.25, -0.2) is 9.97 Å². The van der Waals surface area contributed by atoms with E-state index in [0.29, 0.717) is 0 Å². The van der Waals surface area contributed by atoms with Crippen molar-refractivity contribution in [2.24, 2.45) is 0 Å². The van der Waals surface area contributed by atoms with E-state index in [2.05, 4.69) is 9.97 Å². The lowest BCUT2D eigenvalue weighted by atomic mass is 10.2. The molecule has 0 radical (unpaired) electrons. The van der Waals surface area contributed by atoms with Gasteiger partial charge >= 0.3 is 5.69 Å². The highest BCUT2D eigenvalue weighted by atomic mass is 35.5. The summed E-state index contributed by atoms with van der Waals surface area (Å²) in [6.07, 6.45) is 0. The van der Waals surface area contributed by atoms with Crippen LogP contribution in [0.4, 0.5) is 5.69 Å². The van der Waals surface area contributed by atoms with E-state index >= 15 is 0 Å². The summed E-state index contributed by atoms with van der Waals surface area (Å²) in [6, 6.07) is 5.93. The van der Waals surface area contributed by atoms with Crippen molar-refractivity contribution in [1.82, 2.24) is 9.97 Å². The minimum absolute atomic E-state index is 0.0147. The molecule has 0 saturated carbocycles. The fourth-order valence-corrected chi connectivity index (χ4v) is 3.11. The number of nitro groups is 1. The van der Waals surface area contributed by atoms with Crippen LogP contribution in [0.3, 0.4) is 0 Å². The summed E-state index contributed by atoms with van der Waals surface area (Å²) < 4.78 is 0. The van der Waals surface area contributed by atoms with Gasteiger partial charge in [0.1, 0.15) is 5.69 Å². The van der Waals surface area contributed by atoms with Crippen molar-refractivity contribution in [2.75, 3.05) is 0 Å². The molecule has 0 amide bonds. The largest absolute Gasteiger partial charge is 0.322 e. The highest BCUT2D eigenvalue weighted by Crippen LogP contribution is 2.37. The molecule has 0 aliphatic rings. The number of aromatic nitrogens is 2. The van der Waals surface area contributed by atoms with Crippen LogP contribution in [0.2, 0.25) is 5.28 Å². The molecule has 0 N–H and O–H groups in total. The maximum Gasteiger partial charge on any atom is 0.322 e. The summed E-state index contributed by atoms with van der Waals surface area (Å²) in [5.41, 5.74) is 2.28. The summed E-state index contributed by atoms with van der Waals surface area (Å²) in [5, 5.41) is 11.4. The van der Waals surface area contributed by atoms with Crippen LogP contribution >= 0.6 is 23.4 Å². The van der Waals surface area contributed by atoms with Crippen molar-refractivity contribution in [3.05, 3.63) is 50.4 Å². The van der Waals surface area contributed by atoms with Crippen molar-refractivity contribution in [3.8, 4) is 0 Å². The van der Waals surface area contributed by atoms with Crippen LogP contribution in [-0.2, 0) is 0 Å². The topological polar surface area (TPSA) is 68.9 Å². The lowest BCUT2D eigenvalue weighted by molar-refractivity contribution is -0.389. The van der Waals surface area contributed by atoms with Gasteiger partial charge in [-0.05, 0) is 49.6 Å². The Morgan fingerprint density at radius 2 is 1.95 bits per heavy atom. The zero-order valence-electron chi connectivity index (χ0n) is 11.2. The minimum Gasteiger partial charge on any atom is -0.258 e. The van der Waals surface area contributed by atoms with E-state index in [4.69, 9.17) is 11.6 Å². The first kappa shape index (κ1) is 14.7. The van der Waals surface area contributed by atoms with E-state index in [-0.39, 0.29) is 21.7 Å². The highest BCUT2D eigenvalue weighted by Gasteiger charge is 2.23. The van der Waals surface area contributed by atoms with Gasteiger partial charge in [0, 0.05) is 4.90 Å². The quantitative estimate of drug-likeness (QED) is 0.369. The van der Waals surface area contributed by atoms with Crippen LogP contribution in [-0.4, -0.2) is 14.9 Å². The van der Waals surface area contributed by atoms with E-state index < -0.39 is 4.92 Å². The molecule has 5 nitrogen and oxygen atoms in total. The Balaban J connectivity index is 2.53. The molecule has 104 valence electrons. The molecule has 0 saturated heterocycles. The van der Waals surface area contributed by atoms with Gasteiger partial charge in [0.2, 0.25) is 5.28 Å². The van der Waals surface area contributed by atoms with Crippen LogP contribution in [0, 0.1) is 30.9 Å². The van der Waals surface area contributed by atoms with Gasteiger partial charge in [0.15, 0.2) is 5.03 Å². The number of rotatable bonds is 3. The van der Waals surface area contributed by atoms with Crippen LogP contribution in [0.5, 0.6) is 0 Å². The molecule has 2 aromatic rings. The number of aryl methyl sites for hydroxylation is 3. The first-order valence-electron chi connectivity index (χ1n) is 5.82. The molecule has 1 aromatic heterocycles. The molecule has 7 heteroatoms. The maximum absolute atomic E-state index is 11.2. The van der Waals surface area contributed by atoms with Gasteiger partial charge in [-0.15, -0.1) is 0 Å². The molecule has 1 aromatic carbocycles. The predicted molar refractivity (Wildman–Crippen MR) is 78.5 cm³/mol. The number of halogens is 1. The van der Waals surface area contributed by atoms with Crippen molar-refractivity contribution in [3.63, 3.8) is 0 Å². The van der Waals surface area contributed by atoms with E-state index in [9.17, 15) is 10.1 Å². The molecule has 2 rings (SSSR count). The average Bonchev–Trinajstić information content (AvgIpc) is 2.32. The Kier molecular flexibility index (Phi) is 4.25. The monoisotopic (exact) mass is 309 g/mol. The first-order valence-corrected chi connectivity index (χ1v) is 7.01. The minimum atomic E-state index is -0.473. The van der Waals surface area contributed by atoms with Crippen LogP contribution in [0.15, 0.2) is 28.1 Å². The zero-order valence-corrected chi connectivity index (χ0v) is 12.7. The molecular weight excluding hydrogens is 298 g/mol. The third-order valence-corrected chi connectivity index (χ3v) is 4.04. The molecule has 0 unspecified atom stereocenters. The SMILES string of the molecule is Cc1ccc(C)c(Sc2nc(Cl)nc(C)c2[N+](=O)[O-])c1. The smallest absolute Gasteiger partial charge is 0.258 e. The summed E-state index contributed by atoms with van der Waals surface area (Å²) in [6.45, 7) is 5.47. The second-order valence-corrected chi connectivity index (χ2v) is 5.73. The number of hydrogen-bond acceptors (Lipinski definition) is 5. The Bertz CT molecular complexity index is 692. The van der Waals surface area contributed by atoms with E-state index in [1.54, 1.807) is 6.92 Å². The molecule has 0 aliphatic carbocycles. The summed E-state index contributed by atoms with van der Waals surface area (Å²) >= 11 is 7.04. The van der Waals surface area contributed by atoms with Crippen molar-refractivity contribution in [1.29, 1.82) is 0 Å². The Morgan fingerprint density at radius 3 is 2.60 bits per heavy atom. The van der Waals surface area contributed by atoms with Crippen molar-refractivity contribution < 1.29 is 4.92 Å². The normalized spacial score (nSPS) is 10.6. The molecule has 0 spiro atoms. The van der Waals surface area contributed by atoms with Gasteiger partial charge in [-0.2, -0.15) is 0 Å². The van der Waals surface area contributed by atoms with Gasteiger partial charge in [-0.1, -0.05) is 23.9 Å². The maximum atomic E-state index is 11.2. The summed E-state index contributed by atoms with van der Waals surface area (Å²) in [4.78, 5) is 19.4. The predicted octanol–water partition coefficient (Wildman–Crippen LogP) is 4.11. The Labute approximate surface area is 125 Å². The fraction of sp³-hybridized carbons (Fsp3) is 0.231. The second-order valence-electron chi connectivity index (χ2n) is 4.36. The van der Waals surface area contributed by atoms with Crippen LogP contribution < -0.4 is 0 Å². The zero-order chi connectivity index (χ0) is 14.9. The van der Waals surface area contributed by atoms with Gasteiger partial charge in [0.05, 0.1) is 4.92 Å². The van der Waals surface area contributed by atoms with Gasteiger partial charge in [-0.3, -0.25) is 10.1 Å². The van der Waals surface area contributed by atoms with E-state index in [1.807, 2.05) is 32.0 Å². The van der Waals surface area contributed by atoms with E-state index in [0.717, 1.165) is 16.0 Å². The molecule has 0 aliphatic heterocycles. The highest BCUT2D eigenvalue weighted by molar-refractivity contribution is 7.99. The first-order chi connectivity index (χ1) is 9.38. The Hall–Kier alpha value is -1.66. The molecule has 0 fully saturated rings. The van der Waals surface area contributed by atoms with Gasteiger partial charge in [0.25, 0.3) is 0 Å². The molecule has 0 bridgehead atoms. The molecule has 20 heavy (non-hydrogen) atoms. The molecular formula is C13H12ClN3O2S. The standard InChI is InChI=1S/C13H12ClN3O2S/c1-7-4-5-8(2)10(6-7)20-12-11(17(18)19)9(3)15-13(14)16-12/h4-6H,1-3H3. The van der Waals surface area contributed by atoms with Crippen molar-refractivity contribution in [2.45, 2.75) is 30.7 Å². The lowest BCUT2D eigenvalue weighted by Gasteiger charge is -2.07. The van der Waals surface area contributed by atoms with Crippen LogP contribution in [0.25, 0.3) is 0 Å². The van der Waals surface area contributed by atoms with Gasteiger partial charge < -0.3 is 0 Å². The fourth-order valence-electron chi connectivity index (χ4n) is 1.71. The molecule has 0 atom stereocenters. The summed E-state index contributed by atoms with van der Waals surface area (Å²) in [7, 11) is 0. The third-order valence-electron chi connectivity index (χ3n) is 2.73. The van der Waals surface area contributed by atoms with E-state index in [1.165, 1.54) is 11.8 Å². The van der Waals surface area contributed by atoms with Crippen LogP contribution in [0.1, 0.15) is 16.8 Å². The molecule has 1 heterocycles. The van der Waals surface area contributed by atoms with Crippen molar-refractivity contribution >= 4 is 29.1 Å². The summed E-state index contributed by atoms with van der Waals surface area (Å²) in [5.74, 6) is 0.